The minimum Gasteiger partial charge on any atom is -0.494 e. The van der Waals surface area contributed by atoms with Gasteiger partial charge in [0.25, 0.3) is 11.8 Å². The van der Waals surface area contributed by atoms with Gasteiger partial charge in [-0.1, -0.05) is 37.3 Å². The number of ether oxygens (including phenoxy) is 2. The van der Waals surface area contributed by atoms with E-state index in [0.717, 1.165) is 11.3 Å². The van der Waals surface area contributed by atoms with Crippen LogP contribution in [0.2, 0.25) is 0 Å². The van der Waals surface area contributed by atoms with Crippen LogP contribution < -0.4 is 19.7 Å². The van der Waals surface area contributed by atoms with Crippen LogP contribution in [0.3, 0.4) is 0 Å². The van der Waals surface area contributed by atoms with E-state index in [2.05, 4.69) is 5.32 Å². The summed E-state index contributed by atoms with van der Waals surface area (Å²) < 4.78 is 24.9. The molecule has 0 atom stereocenters. The number of urea groups is 1. The number of halogens is 1. The molecule has 7 nitrogen and oxygen atoms in total. The first-order valence-corrected chi connectivity index (χ1v) is 11.1. The molecule has 1 fully saturated rings. The highest BCUT2D eigenvalue weighted by molar-refractivity contribution is 6.39. The Bertz CT molecular complexity index is 1270. The van der Waals surface area contributed by atoms with Crippen molar-refractivity contribution in [3.05, 3.63) is 95.3 Å². The molecule has 0 saturated carbocycles. The minimum atomic E-state index is -0.823. The Morgan fingerprint density at radius 3 is 2.23 bits per heavy atom. The molecule has 0 radical (unpaired) electrons. The highest BCUT2D eigenvalue weighted by atomic mass is 19.1. The van der Waals surface area contributed by atoms with Crippen molar-refractivity contribution in [3.63, 3.8) is 0 Å². The minimum absolute atomic E-state index is 0.0628. The lowest BCUT2D eigenvalue weighted by atomic mass is 10.1. The number of barbiturate groups is 1. The number of amides is 4. The Morgan fingerprint density at radius 1 is 0.886 bits per heavy atom. The number of hydrogen-bond acceptors (Lipinski definition) is 5. The molecule has 8 heteroatoms. The molecule has 178 valence electrons. The van der Waals surface area contributed by atoms with Crippen molar-refractivity contribution >= 4 is 29.6 Å². The number of carbonyl (C=O) groups is 3. The molecule has 1 aliphatic heterocycles. The van der Waals surface area contributed by atoms with Crippen molar-refractivity contribution < 1.29 is 28.2 Å². The summed E-state index contributed by atoms with van der Waals surface area (Å²) in [5, 5.41) is 2.20. The first kappa shape index (κ1) is 23.7. The monoisotopic (exact) mass is 474 g/mol. The van der Waals surface area contributed by atoms with E-state index in [4.69, 9.17) is 9.47 Å². The largest absolute Gasteiger partial charge is 0.494 e. The van der Waals surface area contributed by atoms with E-state index in [1.54, 1.807) is 66.7 Å². The first-order chi connectivity index (χ1) is 17.0. The number of benzene rings is 3. The van der Waals surface area contributed by atoms with Gasteiger partial charge < -0.3 is 9.47 Å². The van der Waals surface area contributed by atoms with Crippen LogP contribution in [0, 0.1) is 5.82 Å². The Morgan fingerprint density at radius 2 is 1.54 bits per heavy atom. The summed E-state index contributed by atoms with van der Waals surface area (Å²) in [5.74, 6) is -0.751. The van der Waals surface area contributed by atoms with Crippen LogP contribution in [-0.2, 0) is 16.2 Å². The Labute approximate surface area is 201 Å². The van der Waals surface area contributed by atoms with E-state index in [1.807, 2.05) is 6.92 Å². The number of carbonyl (C=O) groups excluding carboxylic acids is 3. The van der Waals surface area contributed by atoms with E-state index in [-0.39, 0.29) is 18.0 Å². The molecule has 1 aliphatic rings. The van der Waals surface area contributed by atoms with Gasteiger partial charge in [0.05, 0.1) is 12.3 Å². The van der Waals surface area contributed by atoms with Crippen molar-refractivity contribution in [2.75, 3.05) is 11.5 Å². The fraction of sp³-hybridized carbons (Fsp3) is 0.148. The second-order valence-electron chi connectivity index (χ2n) is 7.75. The Balaban J connectivity index is 1.49. The van der Waals surface area contributed by atoms with E-state index in [1.165, 1.54) is 12.1 Å². The van der Waals surface area contributed by atoms with E-state index < -0.39 is 17.8 Å². The van der Waals surface area contributed by atoms with Gasteiger partial charge in [-0.05, 0) is 60.5 Å². The molecule has 35 heavy (non-hydrogen) atoms. The van der Waals surface area contributed by atoms with Crippen LogP contribution in [0.5, 0.6) is 11.5 Å². The Hall–Kier alpha value is -4.46. The maximum absolute atomic E-state index is 13.7. The Kier molecular flexibility index (Phi) is 7.21. The number of imide groups is 2. The molecule has 0 spiro atoms. The molecule has 0 bridgehead atoms. The van der Waals surface area contributed by atoms with Crippen molar-refractivity contribution in [1.82, 2.24) is 5.32 Å². The highest BCUT2D eigenvalue weighted by Gasteiger charge is 2.36. The maximum atomic E-state index is 13.7. The van der Waals surface area contributed by atoms with Crippen LogP contribution in [0.15, 0.2) is 78.4 Å². The maximum Gasteiger partial charge on any atom is 0.335 e. The fourth-order valence-electron chi connectivity index (χ4n) is 3.41. The zero-order valence-electron chi connectivity index (χ0n) is 19.0. The molecule has 3 aromatic carbocycles. The molecule has 3 aromatic rings. The number of nitrogens with zero attached hydrogens (tertiary/aromatic N) is 1. The van der Waals surface area contributed by atoms with E-state index in [0.29, 0.717) is 34.9 Å². The second kappa shape index (κ2) is 10.6. The third kappa shape index (κ3) is 5.55. The van der Waals surface area contributed by atoms with Crippen molar-refractivity contribution in [2.45, 2.75) is 20.0 Å². The number of hydrogen-bond donors (Lipinski definition) is 1. The summed E-state index contributed by atoms with van der Waals surface area (Å²) >= 11 is 0. The predicted octanol–water partition coefficient (Wildman–Crippen LogP) is 4.86. The van der Waals surface area contributed by atoms with Gasteiger partial charge in [-0.3, -0.25) is 14.9 Å². The molecule has 0 unspecified atom stereocenters. The molecule has 4 amide bonds. The second-order valence-corrected chi connectivity index (χ2v) is 7.75. The molecule has 1 heterocycles. The van der Waals surface area contributed by atoms with Gasteiger partial charge in [0, 0.05) is 5.56 Å². The standard InChI is InChI=1S/C27H23FN2O5/c1-2-15-34-21-13-9-20(10-14-21)30-26(32)23(25(31)29-27(30)33)16-18-7-11-22(12-8-18)35-17-19-5-3-4-6-24(19)28/h3-14,16H,2,15,17H2,1H3,(H,29,31,33)/b23-16-. The van der Waals surface area contributed by atoms with Crippen LogP contribution in [-0.4, -0.2) is 24.5 Å². The molecule has 0 aromatic heterocycles. The lowest BCUT2D eigenvalue weighted by molar-refractivity contribution is -0.122. The van der Waals surface area contributed by atoms with Gasteiger partial charge in [-0.25, -0.2) is 14.1 Å². The lowest BCUT2D eigenvalue weighted by Crippen LogP contribution is -2.54. The molecular formula is C27H23FN2O5. The van der Waals surface area contributed by atoms with Crippen LogP contribution in [0.1, 0.15) is 24.5 Å². The molecule has 1 saturated heterocycles. The van der Waals surface area contributed by atoms with Gasteiger partial charge in [-0.2, -0.15) is 0 Å². The van der Waals surface area contributed by atoms with Gasteiger partial charge in [0.2, 0.25) is 0 Å². The predicted molar refractivity (Wildman–Crippen MR) is 128 cm³/mol. The number of nitrogens with one attached hydrogen (secondary N) is 1. The zero-order chi connectivity index (χ0) is 24.8. The summed E-state index contributed by atoms with van der Waals surface area (Å²) in [4.78, 5) is 38.8. The van der Waals surface area contributed by atoms with E-state index >= 15 is 0 Å². The number of anilines is 1. The fourth-order valence-corrected chi connectivity index (χ4v) is 3.41. The number of rotatable bonds is 8. The first-order valence-electron chi connectivity index (χ1n) is 11.1. The topological polar surface area (TPSA) is 84.9 Å². The smallest absolute Gasteiger partial charge is 0.335 e. The molecular weight excluding hydrogens is 451 g/mol. The summed E-state index contributed by atoms with van der Waals surface area (Å²) in [6, 6.07) is 18.6. The van der Waals surface area contributed by atoms with Crippen LogP contribution in [0.25, 0.3) is 6.08 Å². The quantitative estimate of drug-likeness (QED) is 0.372. The van der Waals surface area contributed by atoms with Crippen LogP contribution >= 0.6 is 0 Å². The summed E-state index contributed by atoms with van der Waals surface area (Å²) in [7, 11) is 0. The van der Waals surface area contributed by atoms with Gasteiger partial charge >= 0.3 is 6.03 Å². The van der Waals surface area contributed by atoms with Crippen molar-refractivity contribution in [1.29, 1.82) is 0 Å². The third-order valence-corrected chi connectivity index (χ3v) is 5.21. The van der Waals surface area contributed by atoms with E-state index in [9.17, 15) is 18.8 Å². The van der Waals surface area contributed by atoms with Crippen LogP contribution in [0.4, 0.5) is 14.9 Å². The van der Waals surface area contributed by atoms with Gasteiger partial charge in [0.15, 0.2) is 0 Å². The zero-order valence-corrected chi connectivity index (χ0v) is 19.0. The van der Waals surface area contributed by atoms with Gasteiger partial charge in [-0.15, -0.1) is 0 Å². The third-order valence-electron chi connectivity index (χ3n) is 5.21. The van der Waals surface area contributed by atoms with Gasteiger partial charge in [0.1, 0.15) is 29.5 Å². The summed E-state index contributed by atoms with van der Waals surface area (Å²) in [6.45, 7) is 2.60. The normalized spacial score (nSPS) is 14.7. The lowest BCUT2D eigenvalue weighted by Gasteiger charge is -2.26. The highest BCUT2D eigenvalue weighted by Crippen LogP contribution is 2.25. The van der Waals surface area contributed by atoms with Crippen molar-refractivity contribution in [3.8, 4) is 11.5 Å². The molecule has 1 N–H and O–H groups in total. The average molecular weight is 474 g/mol. The molecule has 0 aliphatic carbocycles. The average Bonchev–Trinajstić information content (AvgIpc) is 2.86. The summed E-state index contributed by atoms with van der Waals surface area (Å²) in [5.41, 5.74) is 1.11. The van der Waals surface area contributed by atoms with Crippen molar-refractivity contribution in [2.24, 2.45) is 0 Å². The molecule has 4 rings (SSSR count). The SMILES string of the molecule is CCCOc1ccc(N2C(=O)NC(=O)/C(=C/c3ccc(OCc4ccccc4F)cc3)C2=O)cc1. The summed E-state index contributed by atoms with van der Waals surface area (Å²) in [6.07, 6.45) is 2.25.